The first kappa shape index (κ1) is 30.5. The quantitative estimate of drug-likeness (QED) is 0.311. The molecule has 224 valence electrons. The van der Waals surface area contributed by atoms with Crippen LogP contribution < -0.4 is 4.90 Å². The van der Waals surface area contributed by atoms with Crippen LogP contribution in [0.2, 0.25) is 5.15 Å². The summed E-state index contributed by atoms with van der Waals surface area (Å²) in [6.45, 7) is 6.30. The molecule has 0 spiro atoms. The van der Waals surface area contributed by atoms with E-state index in [4.69, 9.17) is 25.8 Å². The Kier molecular flexibility index (Phi) is 9.07. The lowest BCUT2D eigenvalue weighted by atomic mass is 9.84. The summed E-state index contributed by atoms with van der Waals surface area (Å²) in [7, 11) is 0. The summed E-state index contributed by atoms with van der Waals surface area (Å²) in [4.78, 5) is 54.6. The maximum Gasteiger partial charge on any atom is 0.415 e. The van der Waals surface area contributed by atoms with E-state index in [2.05, 4.69) is 10.1 Å². The van der Waals surface area contributed by atoms with Crippen molar-refractivity contribution in [3.63, 3.8) is 0 Å². The first-order valence-electron chi connectivity index (χ1n) is 13.5. The highest BCUT2D eigenvalue weighted by atomic mass is 35.5. The second-order valence-corrected chi connectivity index (χ2v) is 11.9. The Hall–Kier alpha value is -3.45. The summed E-state index contributed by atoms with van der Waals surface area (Å²) in [5.74, 6) is -4.55. The molecule has 1 aliphatic carbocycles. The van der Waals surface area contributed by atoms with E-state index in [1.165, 1.54) is 17.8 Å². The zero-order valence-corrected chi connectivity index (χ0v) is 24.2. The Balaban J connectivity index is 1.81. The van der Waals surface area contributed by atoms with Crippen LogP contribution in [0.5, 0.6) is 0 Å². The number of carboxylic acid groups (broad SMARTS) is 2. The molecule has 0 bridgehead atoms. The molecule has 2 fully saturated rings. The zero-order chi connectivity index (χ0) is 30.1. The molecule has 2 aliphatic rings. The molecule has 2 aromatic rings. The number of pyridine rings is 1. The van der Waals surface area contributed by atoms with Gasteiger partial charge in [-0.25, -0.2) is 14.5 Å². The summed E-state index contributed by atoms with van der Waals surface area (Å²) >= 11 is 6.48. The minimum absolute atomic E-state index is 0.0622. The maximum absolute atomic E-state index is 13.5. The van der Waals surface area contributed by atoms with Gasteiger partial charge in [-0.2, -0.15) is 5.10 Å². The lowest BCUT2D eigenvalue weighted by Gasteiger charge is -2.32. The Labute approximate surface area is 241 Å². The number of hydrogen-bond donors (Lipinski definition) is 2. The summed E-state index contributed by atoms with van der Waals surface area (Å²) in [6, 6.07) is 1.43. The van der Waals surface area contributed by atoms with E-state index in [9.17, 15) is 29.4 Å². The molecule has 2 aromatic heterocycles. The molecule has 1 saturated carbocycles. The van der Waals surface area contributed by atoms with E-state index in [1.807, 2.05) is 0 Å². The largest absolute Gasteiger partial charge is 0.481 e. The lowest BCUT2D eigenvalue weighted by Crippen LogP contribution is -2.42. The molecule has 4 atom stereocenters. The van der Waals surface area contributed by atoms with Crippen molar-refractivity contribution in [2.24, 2.45) is 11.8 Å². The van der Waals surface area contributed by atoms with E-state index < -0.39 is 66.6 Å². The maximum atomic E-state index is 13.5. The van der Waals surface area contributed by atoms with Crippen LogP contribution >= 0.6 is 11.6 Å². The van der Waals surface area contributed by atoms with Crippen LogP contribution in [0.4, 0.5) is 10.5 Å². The molecule has 0 radical (unpaired) electrons. The van der Waals surface area contributed by atoms with Crippen molar-refractivity contribution in [3.8, 4) is 0 Å². The highest BCUT2D eigenvalue weighted by molar-refractivity contribution is 6.30. The van der Waals surface area contributed by atoms with Gasteiger partial charge < -0.3 is 24.4 Å². The fraction of sp³-hybridized carbons (Fsp3) is 0.630. The van der Waals surface area contributed by atoms with Crippen LogP contribution in [0.3, 0.4) is 0 Å². The number of esters is 1. The third-order valence-corrected chi connectivity index (χ3v) is 7.47. The van der Waals surface area contributed by atoms with Crippen LogP contribution in [0.1, 0.15) is 72.4 Å². The standard InChI is InChI=1S/C27H35ClN4O9/c1-14(33)39-13-20-16(9-22(34)35)17(10-23(36)37)25(40-20)32-24-18(12-29-32)19(11-21(28)30-24)31(15-7-5-6-8-15)26(38)41-27(2,3)4/h11-12,15-17,20,25H,5-10,13H2,1-4H3,(H,34,35)(H,36,37)/t16-,17-,20+,25-/m1/s1. The van der Waals surface area contributed by atoms with Crippen molar-refractivity contribution in [1.82, 2.24) is 14.8 Å². The predicted molar refractivity (Wildman–Crippen MR) is 146 cm³/mol. The van der Waals surface area contributed by atoms with Crippen LogP contribution in [0.15, 0.2) is 12.3 Å². The smallest absolute Gasteiger partial charge is 0.415 e. The molecule has 3 heterocycles. The van der Waals surface area contributed by atoms with Crippen molar-refractivity contribution in [1.29, 1.82) is 0 Å². The first-order valence-corrected chi connectivity index (χ1v) is 13.9. The molecule has 41 heavy (non-hydrogen) atoms. The average molecular weight is 595 g/mol. The van der Waals surface area contributed by atoms with Crippen molar-refractivity contribution < 1.29 is 43.6 Å². The van der Waals surface area contributed by atoms with Crippen molar-refractivity contribution in [2.45, 2.75) is 90.2 Å². The van der Waals surface area contributed by atoms with Crippen LogP contribution in [-0.2, 0) is 28.6 Å². The highest BCUT2D eigenvalue weighted by Crippen LogP contribution is 2.45. The van der Waals surface area contributed by atoms with Gasteiger partial charge in [0.05, 0.1) is 36.2 Å². The minimum atomic E-state index is -1.16. The number of ether oxygens (including phenoxy) is 3. The minimum Gasteiger partial charge on any atom is -0.481 e. The second kappa shape index (κ2) is 12.2. The SMILES string of the molecule is CC(=O)OC[C@@H]1O[C@@H](n2ncc3c(N(C(=O)OC(C)(C)C)C4CCCC4)cc(Cl)nc32)[C@H](CC(=O)O)[C@H]1CC(=O)O. The van der Waals surface area contributed by atoms with Gasteiger partial charge in [0.2, 0.25) is 0 Å². The molecule has 2 N–H and O–H groups in total. The van der Waals surface area contributed by atoms with Gasteiger partial charge in [0.25, 0.3) is 0 Å². The number of nitrogens with zero attached hydrogens (tertiary/aromatic N) is 4. The fourth-order valence-corrected chi connectivity index (χ4v) is 5.87. The van der Waals surface area contributed by atoms with E-state index >= 15 is 0 Å². The fourth-order valence-electron chi connectivity index (χ4n) is 5.68. The normalized spacial score (nSPS) is 23.0. The van der Waals surface area contributed by atoms with Gasteiger partial charge in [-0.15, -0.1) is 0 Å². The van der Waals surface area contributed by atoms with E-state index in [0.717, 1.165) is 25.7 Å². The topological polar surface area (TPSA) is 170 Å². The number of aromatic nitrogens is 3. The molecule has 13 nitrogen and oxygen atoms in total. The Bertz CT molecular complexity index is 1320. The number of amides is 1. The van der Waals surface area contributed by atoms with Crippen molar-refractivity contribution in [3.05, 3.63) is 17.4 Å². The molecular weight excluding hydrogens is 560 g/mol. The number of fused-ring (bicyclic) bond motifs is 1. The van der Waals surface area contributed by atoms with Crippen LogP contribution in [0, 0.1) is 11.8 Å². The number of hydrogen-bond acceptors (Lipinski definition) is 9. The predicted octanol–water partition coefficient (Wildman–Crippen LogP) is 4.41. The van der Waals surface area contributed by atoms with Crippen molar-refractivity contribution >= 4 is 52.3 Å². The third-order valence-electron chi connectivity index (χ3n) is 7.27. The molecule has 14 heteroatoms. The Morgan fingerprint density at radius 3 is 2.34 bits per heavy atom. The number of halogens is 1. The van der Waals surface area contributed by atoms with Gasteiger partial charge >= 0.3 is 24.0 Å². The van der Waals surface area contributed by atoms with Gasteiger partial charge in [0.15, 0.2) is 11.9 Å². The van der Waals surface area contributed by atoms with E-state index in [0.29, 0.717) is 11.1 Å². The van der Waals surface area contributed by atoms with E-state index in [1.54, 1.807) is 31.7 Å². The summed E-state index contributed by atoms with van der Waals surface area (Å²) in [5, 5.41) is 24.2. The number of carbonyl (C=O) groups excluding carboxylic acids is 2. The number of carboxylic acids is 2. The highest BCUT2D eigenvalue weighted by Gasteiger charge is 2.48. The van der Waals surface area contributed by atoms with Crippen molar-refractivity contribution in [2.75, 3.05) is 11.5 Å². The van der Waals surface area contributed by atoms with Crippen LogP contribution in [-0.4, -0.2) is 73.3 Å². The molecular formula is C27H35ClN4O9. The zero-order valence-electron chi connectivity index (χ0n) is 23.4. The Morgan fingerprint density at radius 2 is 1.76 bits per heavy atom. The number of rotatable bonds is 9. The first-order chi connectivity index (χ1) is 19.2. The number of aliphatic carboxylic acids is 2. The lowest BCUT2D eigenvalue weighted by molar-refractivity contribution is -0.147. The molecule has 4 rings (SSSR count). The Morgan fingerprint density at radius 1 is 1.12 bits per heavy atom. The second-order valence-electron chi connectivity index (χ2n) is 11.5. The summed E-state index contributed by atoms with van der Waals surface area (Å²) < 4.78 is 18.4. The summed E-state index contributed by atoms with van der Waals surface area (Å²) in [6.07, 6.45) is 1.60. The van der Waals surface area contributed by atoms with Gasteiger partial charge in [-0.05, 0) is 33.6 Å². The van der Waals surface area contributed by atoms with Gasteiger partial charge in [-0.3, -0.25) is 19.3 Å². The molecule has 0 unspecified atom stereocenters. The number of carbonyl (C=O) groups is 4. The molecule has 1 amide bonds. The summed E-state index contributed by atoms with van der Waals surface area (Å²) in [5.41, 5.74) is -0.0771. The molecule has 1 aliphatic heterocycles. The van der Waals surface area contributed by atoms with Gasteiger partial charge in [0.1, 0.15) is 17.4 Å². The van der Waals surface area contributed by atoms with E-state index in [-0.39, 0.29) is 23.4 Å². The molecule has 0 aromatic carbocycles. The van der Waals surface area contributed by atoms with Gasteiger partial charge in [0, 0.05) is 30.9 Å². The molecule has 1 saturated heterocycles. The average Bonchev–Trinajstić information content (AvgIpc) is 3.57. The van der Waals surface area contributed by atoms with Gasteiger partial charge in [-0.1, -0.05) is 24.4 Å². The van der Waals surface area contributed by atoms with Crippen LogP contribution in [0.25, 0.3) is 11.0 Å². The monoisotopic (exact) mass is 594 g/mol. The number of anilines is 1. The third kappa shape index (κ3) is 7.07.